The highest BCUT2D eigenvalue weighted by atomic mass is 35.5. The molecule has 2 aliphatic rings. The van der Waals surface area contributed by atoms with Crippen LogP contribution < -0.4 is 5.32 Å². The van der Waals surface area contributed by atoms with E-state index >= 15 is 0 Å². The van der Waals surface area contributed by atoms with Crippen LogP contribution in [-0.4, -0.2) is 40.9 Å². The molecule has 2 bridgehead atoms. The third-order valence-corrected chi connectivity index (χ3v) is 4.70. The van der Waals surface area contributed by atoms with Crippen LogP contribution in [-0.2, 0) is 0 Å². The number of nitro groups is 1. The smallest absolute Gasteiger partial charge is 0.324 e. The van der Waals surface area contributed by atoms with E-state index < -0.39 is 4.92 Å². The lowest BCUT2D eigenvalue weighted by Crippen LogP contribution is -2.38. The summed E-state index contributed by atoms with van der Waals surface area (Å²) in [7, 11) is 0. The first-order chi connectivity index (χ1) is 9.13. The fraction of sp³-hybridized carbons (Fsp3) is 0.583. The number of likely N-dealkylation sites (tertiary alicyclic amines) is 1. The molecule has 1 aromatic heterocycles. The Morgan fingerprint density at radius 2 is 2.15 bits per heavy atom. The van der Waals surface area contributed by atoms with Crippen molar-refractivity contribution >= 4 is 34.7 Å². The van der Waals surface area contributed by atoms with Gasteiger partial charge in [-0.25, -0.2) is 0 Å². The van der Waals surface area contributed by atoms with E-state index in [0.29, 0.717) is 24.2 Å². The summed E-state index contributed by atoms with van der Waals surface area (Å²) in [5.74, 6) is -0.0845. The van der Waals surface area contributed by atoms with Crippen LogP contribution in [0.25, 0.3) is 0 Å². The Balaban J connectivity index is 0.00000147. The molecule has 0 radical (unpaired) electrons. The maximum absolute atomic E-state index is 12.3. The molecule has 1 amide bonds. The first-order valence-electron chi connectivity index (χ1n) is 6.42. The number of nitrogens with one attached hydrogen (secondary N) is 1. The summed E-state index contributed by atoms with van der Waals surface area (Å²) < 4.78 is 0. The zero-order valence-corrected chi connectivity index (χ0v) is 12.4. The number of hydrogen-bond donors (Lipinski definition) is 1. The number of fused-ring (bicyclic) bond motifs is 2. The number of amides is 1. The van der Waals surface area contributed by atoms with E-state index in [2.05, 4.69) is 5.32 Å². The van der Waals surface area contributed by atoms with Crippen molar-refractivity contribution in [2.45, 2.75) is 31.3 Å². The summed E-state index contributed by atoms with van der Waals surface area (Å²) in [6.07, 6.45) is 3.27. The third-order valence-electron chi connectivity index (χ3n) is 3.82. The van der Waals surface area contributed by atoms with Crippen molar-refractivity contribution in [3.63, 3.8) is 0 Å². The second kappa shape index (κ2) is 6.07. The van der Waals surface area contributed by atoms with Crippen LogP contribution in [0.15, 0.2) is 11.4 Å². The summed E-state index contributed by atoms with van der Waals surface area (Å²) in [6, 6.07) is 2.29. The van der Waals surface area contributed by atoms with E-state index in [4.69, 9.17) is 0 Å². The minimum Gasteiger partial charge on any atom is -0.337 e. The molecule has 2 unspecified atom stereocenters. The molecule has 3 rings (SSSR count). The predicted octanol–water partition coefficient (Wildman–Crippen LogP) is 2.04. The molecule has 2 aliphatic heterocycles. The Morgan fingerprint density at radius 1 is 1.40 bits per heavy atom. The van der Waals surface area contributed by atoms with Crippen molar-refractivity contribution in [2.75, 3.05) is 13.1 Å². The summed E-state index contributed by atoms with van der Waals surface area (Å²) in [5, 5.41) is 15.8. The largest absolute Gasteiger partial charge is 0.337 e. The van der Waals surface area contributed by atoms with Crippen molar-refractivity contribution in [2.24, 2.45) is 0 Å². The zero-order valence-electron chi connectivity index (χ0n) is 10.8. The van der Waals surface area contributed by atoms with Crippen LogP contribution in [0, 0.1) is 10.1 Å². The zero-order chi connectivity index (χ0) is 13.4. The van der Waals surface area contributed by atoms with Crippen LogP contribution in [0.2, 0.25) is 0 Å². The SMILES string of the molecule is Cl.O=C(c1csc([N+](=O)[O-])c1)N1CCC2CCC(C1)N2. The fourth-order valence-corrected chi connectivity index (χ4v) is 3.54. The Hall–Kier alpha value is -1.18. The van der Waals surface area contributed by atoms with Gasteiger partial charge in [0, 0.05) is 36.6 Å². The van der Waals surface area contributed by atoms with Gasteiger partial charge in [-0.3, -0.25) is 14.9 Å². The molecule has 0 aromatic carbocycles. The van der Waals surface area contributed by atoms with Crippen molar-refractivity contribution in [1.29, 1.82) is 0 Å². The van der Waals surface area contributed by atoms with Gasteiger partial charge in [0.05, 0.1) is 10.5 Å². The van der Waals surface area contributed by atoms with Crippen molar-refractivity contribution in [1.82, 2.24) is 10.2 Å². The average Bonchev–Trinajstić information content (AvgIpc) is 2.95. The van der Waals surface area contributed by atoms with E-state index in [0.717, 1.165) is 30.7 Å². The van der Waals surface area contributed by atoms with Gasteiger partial charge in [0.1, 0.15) is 0 Å². The fourth-order valence-electron chi connectivity index (χ4n) is 2.84. The van der Waals surface area contributed by atoms with E-state index in [-0.39, 0.29) is 23.3 Å². The predicted molar refractivity (Wildman–Crippen MR) is 78.7 cm³/mol. The first-order valence-corrected chi connectivity index (χ1v) is 7.29. The van der Waals surface area contributed by atoms with Crippen LogP contribution >= 0.6 is 23.7 Å². The quantitative estimate of drug-likeness (QED) is 0.669. The van der Waals surface area contributed by atoms with Crippen LogP contribution in [0.3, 0.4) is 0 Å². The van der Waals surface area contributed by atoms with Crippen LogP contribution in [0.5, 0.6) is 0 Å². The Morgan fingerprint density at radius 3 is 2.85 bits per heavy atom. The monoisotopic (exact) mass is 317 g/mol. The van der Waals surface area contributed by atoms with Crippen molar-refractivity contribution in [3.8, 4) is 0 Å². The van der Waals surface area contributed by atoms with Gasteiger partial charge in [-0.2, -0.15) is 0 Å². The number of thiophene rings is 1. The number of carbonyl (C=O) groups excluding carboxylic acids is 1. The molecule has 110 valence electrons. The summed E-state index contributed by atoms with van der Waals surface area (Å²) in [6.45, 7) is 1.44. The minimum atomic E-state index is -0.451. The molecular weight excluding hydrogens is 302 g/mol. The molecule has 2 saturated heterocycles. The number of carbonyl (C=O) groups is 1. The maximum atomic E-state index is 12.3. The van der Waals surface area contributed by atoms with Gasteiger partial charge in [-0.1, -0.05) is 11.3 Å². The normalized spacial score (nSPS) is 24.9. The van der Waals surface area contributed by atoms with Crippen molar-refractivity contribution in [3.05, 3.63) is 27.1 Å². The van der Waals surface area contributed by atoms with Gasteiger partial charge >= 0.3 is 5.00 Å². The van der Waals surface area contributed by atoms with Crippen LogP contribution in [0.4, 0.5) is 5.00 Å². The minimum absolute atomic E-state index is 0. The molecule has 20 heavy (non-hydrogen) atoms. The molecule has 8 heteroatoms. The van der Waals surface area contributed by atoms with E-state index in [1.165, 1.54) is 12.5 Å². The van der Waals surface area contributed by atoms with Gasteiger partial charge in [0.15, 0.2) is 0 Å². The Labute approximate surface area is 126 Å². The summed E-state index contributed by atoms with van der Waals surface area (Å²) in [4.78, 5) is 24.4. The molecule has 1 N–H and O–H groups in total. The second-order valence-corrected chi connectivity index (χ2v) is 6.00. The number of rotatable bonds is 2. The highest BCUT2D eigenvalue weighted by Crippen LogP contribution is 2.26. The topological polar surface area (TPSA) is 75.5 Å². The van der Waals surface area contributed by atoms with Gasteiger partial charge in [-0.05, 0) is 19.3 Å². The molecular formula is C12H16ClN3O3S. The highest BCUT2D eigenvalue weighted by molar-refractivity contribution is 7.13. The molecule has 3 heterocycles. The molecule has 0 aliphatic carbocycles. The maximum Gasteiger partial charge on any atom is 0.324 e. The van der Waals surface area contributed by atoms with Gasteiger partial charge < -0.3 is 10.2 Å². The lowest BCUT2D eigenvalue weighted by molar-refractivity contribution is -0.380. The lowest BCUT2D eigenvalue weighted by atomic mass is 10.1. The van der Waals surface area contributed by atoms with E-state index in [1.54, 1.807) is 5.38 Å². The van der Waals surface area contributed by atoms with Crippen LogP contribution in [0.1, 0.15) is 29.6 Å². The summed E-state index contributed by atoms with van der Waals surface area (Å²) in [5.41, 5.74) is 0.439. The average molecular weight is 318 g/mol. The van der Waals surface area contributed by atoms with Gasteiger partial charge in [0.2, 0.25) is 0 Å². The van der Waals surface area contributed by atoms with Gasteiger partial charge in [0.25, 0.3) is 5.91 Å². The number of halogens is 1. The molecule has 6 nitrogen and oxygen atoms in total. The van der Waals surface area contributed by atoms with Gasteiger partial charge in [-0.15, -0.1) is 12.4 Å². The highest BCUT2D eigenvalue weighted by Gasteiger charge is 2.32. The van der Waals surface area contributed by atoms with Crippen molar-refractivity contribution < 1.29 is 9.72 Å². The summed E-state index contributed by atoms with van der Waals surface area (Å²) >= 11 is 1.01. The van der Waals surface area contributed by atoms with E-state index in [1.807, 2.05) is 4.90 Å². The molecule has 2 atom stereocenters. The molecule has 0 saturated carbocycles. The second-order valence-electron chi connectivity index (χ2n) is 5.11. The number of nitrogens with zero attached hydrogens (tertiary/aromatic N) is 2. The third kappa shape index (κ3) is 2.94. The van der Waals surface area contributed by atoms with E-state index in [9.17, 15) is 14.9 Å². The standard InChI is InChI=1S/C12H15N3O3S.ClH/c16-12(8-5-11(15(17)18)19-7-8)14-4-3-9-1-2-10(6-14)13-9;/h5,7,9-10,13H,1-4,6H2;1H. The Bertz CT molecular complexity index is 522. The number of hydrogen-bond acceptors (Lipinski definition) is 5. The lowest BCUT2D eigenvalue weighted by Gasteiger charge is -2.23. The molecule has 0 spiro atoms. The Kier molecular flexibility index (Phi) is 4.62. The first kappa shape index (κ1) is 15.2. The molecule has 2 fully saturated rings. The molecule has 1 aromatic rings.